The van der Waals surface area contributed by atoms with Crippen molar-refractivity contribution in [2.24, 2.45) is 4.99 Å². The van der Waals surface area contributed by atoms with Crippen molar-refractivity contribution < 1.29 is 4.39 Å². The standard InChI is InChI=1S/C17H20FN3/c1-13(14-8-4-3-5-9-14)21-17(19-2)20-12-15-10-6-7-11-16(15)18/h3-11,13H,12H2,1-2H3,(H2,19,20,21). The highest BCUT2D eigenvalue weighted by Crippen LogP contribution is 2.11. The maximum Gasteiger partial charge on any atom is 0.191 e. The van der Waals surface area contributed by atoms with E-state index in [4.69, 9.17) is 0 Å². The lowest BCUT2D eigenvalue weighted by molar-refractivity contribution is 0.602. The van der Waals surface area contributed by atoms with Gasteiger partial charge in [0.05, 0.1) is 6.04 Å². The van der Waals surface area contributed by atoms with E-state index in [0.29, 0.717) is 18.1 Å². The van der Waals surface area contributed by atoms with Crippen LogP contribution in [0.15, 0.2) is 59.6 Å². The first kappa shape index (κ1) is 15.0. The van der Waals surface area contributed by atoms with E-state index in [1.165, 1.54) is 11.6 Å². The SMILES string of the molecule is CN=C(NCc1ccccc1F)NC(C)c1ccccc1. The van der Waals surface area contributed by atoms with Crippen LogP contribution in [0.4, 0.5) is 4.39 Å². The Morgan fingerprint density at radius 1 is 1.10 bits per heavy atom. The van der Waals surface area contributed by atoms with Crippen LogP contribution in [0.25, 0.3) is 0 Å². The fraction of sp³-hybridized carbons (Fsp3) is 0.235. The molecule has 0 bridgehead atoms. The number of hydrogen-bond donors (Lipinski definition) is 2. The van der Waals surface area contributed by atoms with Gasteiger partial charge < -0.3 is 10.6 Å². The second-order valence-electron chi connectivity index (χ2n) is 4.79. The Hall–Kier alpha value is -2.36. The molecule has 1 unspecified atom stereocenters. The molecule has 0 heterocycles. The van der Waals surface area contributed by atoms with Crippen LogP contribution < -0.4 is 10.6 Å². The maximum absolute atomic E-state index is 13.6. The van der Waals surface area contributed by atoms with Gasteiger partial charge in [-0.25, -0.2) is 4.39 Å². The van der Waals surface area contributed by atoms with Crippen LogP contribution in [-0.2, 0) is 6.54 Å². The molecule has 3 nitrogen and oxygen atoms in total. The zero-order valence-electron chi connectivity index (χ0n) is 12.3. The Morgan fingerprint density at radius 2 is 1.76 bits per heavy atom. The summed E-state index contributed by atoms with van der Waals surface area (Å²) in [7, 11) is 1.70. The molecule has 0 spiro atoms. The van der Waals surface area contributed by atoms with E-state index >= 15 is 0 Å². The molecule has 0 radical (unpaired) electrons. The molecule has 0 amide bonds. The van der Waals surface area contributed by atoms with Crippen molar-refractivity contribution in [3.8, 4) is 0 Å². The van der Waals surface area contributed by atoms with Gasteiger partial charge in [0, 0.05) is 19.2 Å². The quantitative estimate of drug-likeness (QED) is 0.668. The Kier molecular flexibility index (Phi) is 5.32. The van der Waals surface area contributed by atoms with Crippen molar-refractivity contribution in [2.45, 2.75) is 19.5 Å². The second kappa shape index (κ2) is 7.43. The predicted molar refractivity (Wildman–Crippen MR) is 84.6 cm³/mol. The summed E-state index contributed by atoms with van der Waals surface area (Å²) in [4.78, 5) is 4.17. The number of nitrogens with zero attached hydrogens (tertiary/aromatic N) is 1. The van der Waals surface area contributed by atoms with Gasteiger partial charge in [-0.05, 0) is 18.6 Å². The highest BCUT2D eigenvalue weighted by atomic mass is 19.1. The molecule has 2 N–H and O–H groups in total. The Morgan fingerprint density at radius 3 is 2.43 bits per heavy atom. The van der Waals surface area contributed by atoms with E-state index < -0.39 is 0 Å². The summed E-state index contributed by atoms with van der Waals surface area (Å²) in [6.45, 7) is 2.46. The maximum atomic E-state index is 13.6. The summed E-state index contributed by atoms with van der Waals surface area (Å²) in [5.41, 5.74) is 1.79. The summed E-state index contributed by atoms with van der Waals surface area (Å²) in [6, 6.07) is 17.0. The minimum absolute atomic E-state index is 0.123. The van der Waals surface area contributed by atoms with Gasteiger partial charge in [0.25, 0.3) is 0 Å². The fourth-order valence-electron chi connectivity index (χ4n) is 2.05. The second-order valence-corrected chi connectivity index (χ2v) is 4.79. The van der Waals surface area contributed by atoms with E-state index in [2.05, 4.69) is 34.7 Å². The molecular weight excluding hydrogens is 265 g/mol. The number of aliphatic imine (C=N–C) groups is 1. The lowest BCUT2D eigenvalue weighted by Gasteiger charge is -2.18. The molecule has 1 atom stereocenters. The Labute approximate surface area is 124 Å². The lowest BCUT2D eigenvalue weighted by atomic mass is 10.1. The van der Waals surface area contributed by atoms with Crippen molar-refractivity contribution in [3.63, 3.8) is 0 Å². The molecule has 0 aliphatic heterocycles. The highest BCUT2D eigenvalue weighted by molar-refractivity contribution is 5.80. The average Bonchev–Trinajstić information content (AvgIpc) is 2.53. The Balaban J connectivity index is 1.94. The zero-order valence-corrected chi connectivity index (χ0v) is 12.3. The largest absolute Gasteiger partial charge is 0.352 e. The van der Waals surface area contributed by atoms with Gasteiger partial charge in [-0.15, -0.1) is 0 Å². The normalized spacial score (nSPS) is 12.8. The molecule has 0 aliphatic carbocycles. The molecule has 2 aromatic rings. The number of halogens is 1. The van der Waals surface area contributed by atoms with Crippen molar-refractivity contribution in [1.82, 2.24) is 10.6 Å². The van der Waals surface area contributed by atoms with E-state index in [1.807, 2.05) is 24.3 Å². The average molecular weight is 285 g/mol. The smallest absolute Gasteiger partial charge is 0.191 e. The summed E-state index contributed by atoms with van der Waals surface area (Å²) < 4.78 is 13.6. The monoisotopic (exact) mass is 285 g/mol. The van der Waals surface area contributed by atoms with Gasteiger partial charge in [-0.3, -0.25) is 4.99 Å². The number of benzene rings is 2. The zero-order chi connectivity index (χ0) is 15.1. The third-order valence-corrected chi connectivity index (χ3v) is 3.28. The van der Waals surface area contributed by atoms with Gasteiger partial charge in [-0.2, -0.15) is 0 Å². The molecule has 110 valence electrons. The third kappa shape index (κ3) is 4.31. The van der Waals surface area contributed by atoms with Crippen LogP contribution in [0.1, 0.15) is 24.1 Å². The number of rotatable bonds is 4. The summed E-state index contributed by atoms with van der Waals surface area (Å²) in [6.07, 6.45) is 0. The number of nitrogens with one attached hydrogen (secondary N) is 2. The van der Waals surface area contributed by atoms with E-state index in [9.17, 15) is 4.39 Å². The summed E-state index contributed by atoms with van der Waals surface area (Å²) >= 11 is 0. The van der Waals surface area contributed by atoms with Crippen LogP contribution in [-0.4, -0.2) is 13.0 Å². The van der Waals surface area contributed by atoms with Crippen molar-refractivity contribution in [1.29, 1.82) is 0 Å². The van der Waals surface area contributed by atoms with Crippen LogP contribution in [0.5, 0.6) is 0 Å². The van der Waals surface area contributed by atoms with Gasteiger partial charge >= 0.3 is 0 Å². The van der Waals surface area contributed by atoms with E-state index in [0.717, 1.165) is 0 Å². The van der Waals surface area contributed by atoms with Crippen LogP contribution in [0.3, 0.4) is 0 Å². The molecule has 0 aliphatic rings. The molecule has 2 rings (SSSR count). The van der Waals surface area contributed by atoms with Gasteiger partial charge in [0.2, 0.25) is 0 Å². The minimum Gasteiger partial charge on any atom is -0.352 e. The Bertz CT molecular complexity index is 596. The van der Waals surface area contributed by atoms with E-state index in [1.54, 1.807) is 19.2 Å². The lowest BCUT2D eigenvalue weighted by Crippen LogP contribution is -2.38. The van der Waals surface area contributed by atoms with Gasteiger partial charge in [0.15, 0.2) is 5.96 Å². The van der Waals surface area contributed by atoms with Crippen molar-refractivity contribution in [2.75, 3.05) is 7.05 Å². The third-order valence-electron chi connectivity index (χ3n) is 3.28. The minimum atomic E-state index is -0.212. The number of guanidine groups is 1. The molecule has 0 aromatic heterocycles. The highest BCUT2D eigenvalue weighted by Gasteiger charge is 2.08. The molecule has 21 heavy (non-hydrogen) atoms. The summed E-state index contributed by atoms with van der Waals surface area (Å²) in [5.74, 6) is 0.436. The molecule has 4 heteroatoms. The van der Waals surface area contributed by atoms with Crippen molar-refractivity contribution >= 4 is 5.96 Å². The molecule has 0 saturated carbocycles. The van der Waals surface area contributed by atoms with E-state index in [-0.39, 0.29) is 11.9 Å². The topological polar surface area (TPSA) is 36.4 Å². The van der Waals surface area contributed by atoms with Crippen LogP contribution in [0, 0.1) is 5.82 Å². The van der Waals surface area contributed by atoms with Crippen molar-refractivity contribution in [3.05, 3.63) is 71.5 Å². The molecule has 2 aromatic carbocycles. The molecule has 0 saturated heterocycles. The first-order valence-corrected chi connectivity index (χ1v) is 6.96. The number of hydrogen-bond acceptors (Lipinski definition) is 1. The first-order valence-electron chi connectivity index (χ1n) is 6.96. The fourth-order valence-corrected chi connectivity index (χ4v) is 2.05. The summed E-state index contributed by atoms with van der Waals surface area (Å²) in [5, 5.41) is 6.42. The predicted octanol–water partition coefficient (Wildman–Crippen LogP) is 3.25. The van der Waals surface area contributed by atoms with Gasteiger partial charge in [0.1, 0.15) is 5.82 Å². The van der Waals surface area contributed by atoms with Gasteiger partial charge in [-0.1, -0.05) is 48.5 Å². The molecule has 0 fully saturated rings. The first-order chi connectivity index (χ1) is 10.2. The van der Waals surface area contributed by atoms with Crippen LogP contribution >= 0.6 is 0 Å². The molecular formula is C17H20FN3. The van der Waals surface area contributed by atoms with Crippen LogP contribution in [0.2, 0.25) is 0 Å².